The predicted octanol–water partition coefficient (Wildman–Crippen LogP) is 3.90. The first-order valence-corrected chi connectivity index (χ1v) is 4.95. The molecule has 1 aliphatic carbocycles. The lowest BCUT2D eigenvalue weighted by Gasteiger charge is -1.98. The molecule has 0 bridgehead atoms. The summed E-state index contributed by atoms with van der Waals surface area (Å²) in [5.74, 6) is -4.08. The Hall–Kier alpha value is -0.340. The predicted molar refractivity (Wildman–Crippen MR) is 53.3 cm³/mol. The van der Waals surface area contributed by atoms with E-state index in [4.69, 9.17) is 23.2 Å². The molecule has 1 aliphatic rings. The van der Waals surface area contributed by atoms with Crippen LogP contribution in [0.5, 0.6) is 0 Å². The summed E-state index contributed by atoms with van der Waals surface area (Å²) in [5.41, 5.74) is 1.51. The zero-order valence-electron chi connectivity index (χ0n) is 7.40. The van der Waals surface area contributed by atoms with E-state index in [9.17, 15) is 8.78 Å². The summed E-state index contributed by atoms with van der Waals surface area (Å²) in [6, 6.07) is 6.82. The smallest absolute Gasteiger partial charge is 0.203 e. The third kappa shape index (κ3) is 1.24. The Bertz CT molecular complexity index is 343. The molecule has 0 heterocycles. The summed E-state index contributed by atoms with van der Waals surface area (Å²) in [6.07, 6.45) is 0. The van der Waals surface area contributed by atoms with E-state index in [-0.39, 0.29) is 0 Å². The van der Waals surface area contributed by atoms with Gasteiger partial charge in [-0.3, -0.25) is 0 Å². The van der Waals surface area contributed by atoms with Crippen molar-refractivity contribution in [2.24, 2.45) is 0 Å². The van der Waals surface area contributed by atoms with Crippen molar-refractivity contribution in [3.05, 3.63) is 35.4 Å². The van der Waals surface area contributed by atoms with Gasteiger partial charge in [0.1, 0.15) is 0 Å². The molecule has 0 aromatic heterocycles. The average molecular weight is 237 g/mol. The average Bonchev–Trinajstić information content (AvgIpc) is 2.46. The van der Waals surface area contributed by atoms with Crippen LogP contribution in [0.15, 0.2) is 24.3 Å². The van der Waals surface area contributed by atoms with Crippen LogP contribution in [0.25, 0.3) is 0 Å². The van der Waals surface area contributed by atoms with E-state index in [0.29, 0.717) is 5.56 Å². The maximum Gasteiger partial charge on any atom is 0.291 e. The molecule has 2 rings (SSSR count). The normalized spacial score (nSPS) is 27.4. The first-order chi connectivity index (χ1) is 6.37. The van der Waals surface area contributed by atoms with Crippen LogP contribution in [0.3, 0.4) is 0 Å². The van der Waals surface area contributed by atoms with Crippen LogP contribution >= 0.6 is 23.2 Å². The number of hydrogen-bond acceptors (Lipinski definition) is 0. The summed E-state index contributed by atoms with van der Waals surface area (Å²) in [4.78, 5) is 0. The van der Waals surface area contributed by atoms with Crippen molar-refractivity contribution in [3.8, 4) is 0 Å². The quantitative estimate of drug-likeness (QED) is 0.649. The highest BCUT2D eigenvalue weighted by Crippen LogP contribution is 2.70. The van der Waals surface area contributed by atoms with Crippen molar-refractivity contribution in [2.45, 2.75) is 23.1 Å². The highest BCUT2D eigenvalue weighted by atomic mass is 35.5. The molecule has 0 nitrogen and oxygen atoms in total. The number of rotatable bonds is 1. The van der Waals surface area contributed by atoms with Crippen LogP contribution < -0.4 is 0 Å². The van der Waals surface area contributed by atoms with Crippen LogP contribution in [0.1, 0.15) is 17.0 Å². The zero-order chi connectivity index (χ0) is 10.6. The van der Waals surface area contributed by atoms with Gasteiger partial charge in [-0.2, -0.15) is 0 Å². The zero-order valence-corrected chi connectivity index (χ0v) is 8.91. The van der Waals surface area contributed by atoms with Gasteiger partial charge in [-0.15, -0.1) is 0 Å². The SMILES string of the molecule is Cc1ccc(C2C(F)(F)C2(Cl)Cl)cc1. The minimum absolute atomic E-state index is 0.491. The molecule has 1 atom stereocenters. The maximum absolute atomic E-state index is 13.1. The van der Waals surface area contributed by atoms with Gasteiger partial charge < -0.3 is 0 Å². The first kappa shape index (κ1) is 10.2. The molecular formula is C10H8Cl2F2. The Morgan fingerprint density at radius 1 is 1.14 bits per heavy atom. The lowest BCUT2D eigenvalue weighted by Crippen LogP contribution is -1.99. The van der Waals surface area contributed by atoms with Crippen LogP contribution in [-0.4, -0.2) is 10.3 Å². The second kappa shape index (κ2) is 2.83. The summed E-state index contributed by atoms with van der Waals surface area (Å²) < 4.78 is 24.3. The minimum Gasteiger partial charge on any atom is -0.203 e. The van der Waals surface area contributed by atoms with Crippen molar-refractivity contribution < 1.29 is 8.78 Å². The van der Waals surface area contributed by atoms with Gasteiger partial charge in [-0.25, -0.2) is 8.78 Å². The summed E-state index contributed by atoms with van der Waals surface area (Å²) >= 11 is 11.0. The second-order valence-electron chi connectivity index (χ2n) is 3.59. The van der Waals surface area contributed by atoms with E-state index in [0.717, 1.165) is 5.56 Å². The summed E-state index contributed by atoms with van der Waals surface area (Å²) in [6.45, 7) is 1.89. The Kier molecular flexibility index (Phi) is 2.06. The summed E-state index contributed by atoms with van der Waals surface area (Å²) in [7, 11) is 0. The van der Waals surface area contributed by atoms with Gasteiger partial charge in [0.15, 0.2) is 4.33 Å². The van der Waals surface area contributed by atoms with Crippen LogP contribution in [-0.2, 0) is 0 Å². The van der Waals surface area contributed by atoms with Crippen LogP contribution in [0, 0.1) is 6.92 Å². The number of aryl methyl sites for hydroxylation is 1. The molecule has 0 saturated heterocycles. The Morgan fingerprint density at radius 3 is 1.93 bits per heavy atom. The molecule has 1 unspecified atom stereocenters. The molecule has 0 N–H and O–H groups in total. The van der Waals surface area contributed by atoms with Crippen LogP contribution in [0.2, 0.25) is 0 Å². The van der Waals surface area contributed by atoms with E-state index in [1.807, 2.05) is 6.92 Å². The molecular weight excluding hydrogens is 229 g/mol. The van der Waals surface area contributed by atoms with E-state index < -0.39 is 16.2 Å². The molecule has 1 fully saturated rings. The molecule has 14 heavy (non-hydrogen) atoms. The molecule has 4 heteroatoms. The van der Waals surface area contributed by atoms with Crippen molar-refractivity contribution in [1.82, 2.24) is 0 Å². The van der Waals surface area contributed by atoms with Gasteiger partial charge in [0.05, 0.1) is 5.92 Å². The number of halogens is 4. The molecule has 76 valence electrons. The fourth-order valence-corrected chi connectivity index (χ4v) is 2.16. The minimum atomic E-state index is -3.01. The highest BCUT2D eigenvalue weighted by Gasteiger charge is 2.80. The highest BCUT2D eigenvalue weighted by molar-refractivity contribution is 6.52. The van der Waals surface area contributed by atoms with Crippen molar-refractivity contribution in [1.29, 1.82) is 0 Å². The Balaban J connectivity index is 2.32. The van der Waals surface area contributed by atoms with E-state index in [1.54, 1.807) is 24.3 Å². The molecule has 0 amide bonds. The monoisotopic (exact) mass is 236 g/mol. The van der Waals surface area contributed by atoms with Gasteiger partial charge in [0.2, 0.25) is 0 Å². The van der Waals surface area contributed by atoms with Gasteiger partial charge in [-0.05, 0) is 12.5 Å². The van der Waals surface area contributed by atoms with E-state index in [2.05, 4.69) is 0 Å². The largest absolute Gasteiger partial charge is 0.291 e. The van der Waals surface area contributed by atoms with Crippen molar-refractivity contribution in [3.63, 3.8) is 0 Å². The Labute approximate surface area is 90.8 Å². The lowest BCUT2D eigenvalue weighted by atomic mass is 10.1. The fraction of sp³-hybridized carbons (Fsp3) is 0.400. The molecule has 1 saturated carbocycles. The topological polar surface area (TPSA) is 0 Å². The third-order valence-corrected chi connectivity index (χ3v) is 3.44. The fourth-order valence-electron chi connectivity index (χ4n) is 1.52. The molecule has 1 aromatic carbocycles. The molecule has 0 spiro atoms. The van der Waals surface area contributed by atoms with Gasteiger partial charge >= 0.3 is 0 Å². The van der Waals surface area contributed by atoms with Crippen molar-refractivity contribution in [2.75, 3.05) is 0 Å². The van der Waals surface area contributed by atoms with Crippen LogP contribution in [0.4, 0.5) is 8.78 Å². The number of alkyl halides is 4. The Morgan fingerprint density at radius 2 is 1.57 bits per heavy atom. The maximum atomic E-state index is 13.1. The first-order valence-electron chi connectivity index (χ1n) is 4.19. The standard InChI is InChI=1S/C10H8Cl2F2/c1-6-2-4-7(5-3-6)8-9(11,12)10(8,13)14/h2-5,8H,1H3. The number of benzene rings is 1. The van der Waals surface area contributed by atoms with E-state index >= 15 is 0 Å². The van der Waals surface area contributed by atoms with E-state index in [1.165, 1.54) is 0 Å². The van der Waals surface area contributed by atoms with Gasteiger partial charge in [0, 0.05) is 0 Å². The van der Waals surface area contributed by atoms with Crippen molar-refractivity contribution >= 4 is 23.2 Å². The third-order valence-electron chi connectivity index (χ3n) is 2.50. The molecule has 0 aliphatic heterocycles. The lowest BCUT2D eigenvalue weighted by molar-refractivity contribution is 0.109. The summed E-state index contributed by atoms with van der Waals surface area (Å²) in [5, 5.41) is 0. The number of hydrogen-bond donors (Lipinski definition) is 0. The van der Waals surface area contributed by atoms with Gasteiger partial charge in [0.25, 0.3) is 5.92 Å². The second-order valence-corrected chi connectivity index (χ2v) is 4.98. The molecule has 0 radical (unpaired) electrons. The molecule has 1 aromatic rings. The van der Waals surface area contributed by atoms with Gasteiger partial charge in [-0.1, -0.05) is 53.0 Å².